The van der Waals surface area contributed by atoms with E-state index in [9.17, 15) is 4.79 Å². The summed E-state index contributed by atoms with van der Waals surface area (Å²) in [5.74, 6) is 0.0343. The summed E-state index contributed by atoms with van der Waals surface area (Å²) < 4.78 is 0. The summed E-state index contributed by atoms with van der Waals surface area (Å²) >= 11 is 5.93. The number of allylic oxidation sites excluding steroid dienone is 4. The van der Waals surface area contributed by atoms with Gasteiger partial charge < -0.3 is 5.73 Å². The van der Waals surface area contributed by atoms with Crippen molar-refractivity contribution in [1.29, 1.82) is 0 Å². The first-order valence-electron chi connectivity index (χ1n) is 6.30. The largest absolute Gasteiger partial charge is 0.402 e. The summed E-state index contributed by atoms with van der Waals surface area (Å²) in [5, 5.41) is 0.458. The Morgan fingerprint density at radius 3 is 3.00 bits per heavy atom. The van der Waals surface area contributed by atoms with Crippen LogP contribution in [0.3, 0.4) is 0 Å². The Hall–Kier alpha value is -1.61. The number of hydrogen-bond acceptors (Lipinski definition) is 3. The van der Waals surface area contributed by atoms with Crippen molar-refractivity contribution < 1.29 is 4.79 Å². The zero-order valence-electron chi connectivity index (χ0n) is 11.1. The molecule has 4 heteroatoms. The maximum Gasteiger partial charge on any atom is 0.171 e. The van der Waals surface area contributed by atoms with E-state index >= 15 is 0 Å². The highest BCUT2D eigenvalue weighted by Crippen LogP contribution is 2.29. The third kappa shape index (κ3) is 3.04. The molecule has 0 fully saturated rings. The van der Waals surface area contributed by atoms with Crippen LogP contribution in [0.5, 0.6) is 0 Å². The summed E-state index contributed by atoms with van der Waals surface area (Å²) in [4.78, 5) is 16.7. The van der Waals surface area contributed by atoms with Gasteiger partial charge in [0.1, 0.15) is 5.15 Å². The Morgan fingerprint density at radius 2 is 2.32 bits per heavy atom. The molecule has 1 unspecified atom stereocenters. The van der Waals surface area contributed by atoms with E-state index < -0.39 is 0 Å². The van der Waals surface area contributed by atoms with Crippen LogP contribution in [0.4, 0.5) is 0 Å². The van der Waals surface area contributed by atoms with Crippen molar-refractivity contribution in [3.8, 4) is 0 Å². The first-order chi connectivity index (χ1) is 8.99. The molecule has 0 aliphatic heterocycles. The number of hydrogen-bond donors (Lipinski definition) is 1. The normalized spacial score (nSPS) is 19.8. The average Bonchev–Trinajstić information content (AvgIpc) is 2.30. The molecule has 0 amide bonds. The zero-order valence-corrected chi connectivity index (χ0v) is 11.9. The maximum atomic E-state index is 12.4. The first-order valence-corrected chi connectivity index (χ1v) is 6.67. The van der Waals surface area contributed by atoms with Gasteiger partial charge >= 0.3 is 0 Å². The number of pyridine rings is 1. The lowest BCUT2D eigenvalue weighted by molar-refractivity contribution is 0.0928. The number of nitrogens with zero attached hydrogens (tertiary/aromatic N) is 1. The van der Waals surface area contributed by atoms with E-state index in [0.29, 0.717) is 5.15 Å². The zero-order chi connectivity index (χ0) is 14.0. The van der Waals surface area contributed by atoms with E-state index in [0.717, 1.165) is 35.4 Å². The van der Waals surface area contributed by atoms with E-state index in [1.165, 1.54) is 0 Å². The molecule has 1 aliphatic carbocycles. The van der Waals surface area contributed by atoms with Crippen LogP contribution in [-0.2, 0) is 6.42 Å². The number of rotatable bonds is 2. The minimum atomic E-state index is -0.0928. The Balaban J connectivity index is 2.30. The molecule has 19 heavy (non-hydrogen) atoms. The van der Waals surface area contributed by atoms with Gasteiger partial charge in [-0.3, -0.25) is 4.79 Å². The first kappa shape index (κ1) is 13.8. The molecular weight excluding hydrogens is 260 g/mol. The standard InChI is InChI=1S/C15H17ClN2O/c1-9-8-13(16)18-12-7-6-11(15(19)14(9)12)5-3-4-10(2)17/h3-5,8,11H,6-7,17H2,1-2H3/b5-3+,10-4-. The maximum absolute atomic E-state index is 12.4. The van der Waals surface area contributed by atoms with Gasteiger partial charge in [0, 0.05) is 17.2 Å². The molecule has 3 nitrogen and oxygen atoms in total. The van der Waals surface area contributed by atoms with Crippen LogP contribution in [0.2, 0.25) is 5.15 Å². The van der Waals surface area contributed by atoms with Gasteiger partial charge in [-0.2, -0.15) is 0 Å². The van der Waals surface area contributed by atoms with E-state index in [-0.39, 0.29) is 11.7 Å². The minimum absolute atomic E-state index is 0.0928. The quantitative estimate of drug-likeness (QED) is 0.667. The monoisotopic (exact) mass is 276 g/mol. The fourth-order valence-electron chi connectivity index (χ4n) is 2.35. The highest BCUT2D eigenvalue weighted by molar-refractivity contribution is 6.29. The summed E-state index contributed by atoms with van der Waals surface area (Å²) in [6.45, 7) is 3.72. The molecule has 100 valence electrons. The summed E-state index contributed by atoms with van der Waals surface area (Å²) in [5.41, 5.74) is 8.75. The van der Waals surface area contributed by atoms with Crippen LogP contribution in [0.1, 0.15) is 35.0 Å². The molecule has 1 aromatic heterocycles. The number of nitrogens with two attached hydrogens (primary N) is 1. The lowest BCUT2D eigenvalue weighted by Gasteiger charge is -2.21. The van der Waals surface area contributed by atoms with Crippen molar-refractivity contribution in [2.24, 2.45) is 11.7 Å². The van der Waals surface area contributed by atoms with Crippen molar-refractivity contribution in [3.05, 3.63) is 52.0 Å². The summed E-state index contributed by atoms with van der Waals surface area (Å²) in [6.07, 6.45) is 7.11. The fraction of sp³-hybridized carbons (Fsp3) is 0.333. The minimum Gasteiger partial charge on any atom is -0.402 e. The summed E-state index contributed by atoms with van der Waals surface area (Å²) in [6, 6.07) is 1.74. The van der Waals surface area contributed by atoms with Crippen molar-refractivity contribution in [2.45, 2.75) is 26.7 Å². The molecule has 0 bridgehead atoms. The molecule has 0 spiro atoms. The van der Waals surface area contributed by atoms with Gasteiger partial charge in [0.05, 0.1) is 5.69 Å². The van der Waals surface area contributed by atoms with Crippen LogP contribution in [0.15, 0.2) is 30.0 Å². The van der Waals surface area contributed by atoms with Crippen LogP contribution in [-0.4, -0.2) is 10.8 Å². The molecule has 2 rings (SSSR count). The average molecular weight is 277 g/mol. The molecule has 0 aromatic carbocycles. The van der Waals surface area contributed by atoms with E-state index in [1.807, 2.05) is 26.0 Å². The Kier molecular flexibility index (Phi) is 4.05. The van der Waals surface area contributed by atoms with Crippen LogP contribution in [0.25, 0.3) is 0 Å². The van der Waals surface area contributed by atoms with Gasteiger partial charge in [-0.15, -0.1) is 0 Å². The molecule has 0 radical (unpaired) electrons. The van der Waals surface area contributed by atoms with E-state index in [2.05, 4.69) is 4.98 Å². The summed E-state index contributed by atoms with van der Waals surface area (Å²) in [7, 11) is 0. The third-order valence-electron chi connectivity index (χ3n) is 3.24. The Morgan fingerprint density at radius 1 is 1.58 bits per heavy atom. The van der Waals surface area contributed by atoms with Gasteiger partial charge in [0.15, 0.2) is 5.78 Å². The second-order valence-electron chi connectivity index (χ2n) is 4.89. The molecule has 1 aliphatic rings. The van der Waals surface area contributed by atoms with Crippen molar-refractivity contribution in [3.63, 3.8) is 0 Å². The number of Topliss-reactive ketones (excluding diaryl/α,β-unsaturated/α-hetero) is 1. The number of fused-ring (bicyclic) bond motifs is 1. The van der Waals surface area contributed by atoms with Gasteiger partial charge in [-0.1, -0.05) is 23.8 Å². The lowest BCUT2D eigenvalue weighted by Crippen LogP contribution is -2.23. The Bertz CT molecular complexity index is 572. The highest BCUT2D eigenvalue weighted by atomic mass is 35.5. The molecular formula is C15H17ClN2O. The molecule has 1 aromatic rings. The molecule has 0 saturated carbocycles. The smallest absolute Gasteiger partial charge is 0.171 e. The van der Waals surface area contributed by atoms with E-state index in [4.69, 9.17) is 17.3 Å². The van der Waals surface area contributed by atoms with Crippen LogP contribution in [0, 0.1) is 12.8 Å². The topological polar surface area (TPSA) is 56.0 Å². The Labute approximate surface area is 118 Å². The SMILES string of the molecule is C/C(N)=C/C=C/C1CCc2nc(Cl)cc(C)c2C1=O. The molecule has 1 atom stereocenters. The predicted octanol–water partition coefficient (Wildman–Crippen LogP) is 3.21. The number of aryl methyl sites for hydroxylation is 2. The number of carbonyl (C=O) groups is 1. The van der Waals surface area contributed by atoms with Gasteiger partial charge in [-0.05, 0) is 44.4 Å². The van der Waals surface area contributed by atoms with Gasteiger partial charge in [0.25, 0.3) is 0 Å². The molecule has 1 heterocycles. The fourth-order valence-corrected chi connectivity index (χ4v) is 2.61. The van der Waals surface area contributed by atoms with E-state index in [1.54, 1.807) is 12.1 Å². The second-order valence-corrected chi connectivity index (χ2v) is 5.28. The highest BCUT2D eigenvalue weighted by Gasteiger charge is 2.28. The van der Waals surface area contributed by atoms with Crippen molar-refractivity contribution in [2.75, 3.05) is 0 Å². The van der Waals surface area contributed by atoms with Crippen LogP contribution >= 0.6 is 11.6 Å². The molecule has 0 saturated heterocycles. The van der Waals surface area contributed by atoms with Crippen molar-refractivity contribution in [1.82, 2.24) is 4.98 Å². The second kappa shape index (κ2) is 5.57. The number of ketones is 1. The molecule has 2 N–H and O–H groups in total. The van der Waals surface area contributed by atoms with Crippen molar-refractivity contribution >= 4 is 17.4 Å². The van der Waals surface area contributed by atoms with Crippen LogP contribution < -0.4 is 5.73 Å². The predicted molar refractivity (Wildman–Crippen MR) is 77.2 cm³/mol. The number of halogens is 1. The third-order valence-corrected chi connectivity index (χ3v) is 3.43. The number of aromatic nitrogens is 1. The lowest BCUT2D eigenvalue weighted by atomic mass is 9.83. The van der Waals surface area contributed by atoms with Gasteiger partial charge in [0.2, 0.25) is 0 Å². The number of carbonyl (C=O) groups excluding carboxylic acids is 1. The van der Waals surface area contributed by atoms with Gasteiger partial charge in [-0.25, -0.2) is 4.98 Å².